The van der Waals surface area contributed by atoms with E-state index in [0.717, 1.165) is 14.4 Å². The van der Waals surface area contributed by atoms with Crippen molar-refractivity contribution in [2.75, 3.05) is 5.32 Å². The Balaban J connectivity index is 1.48. The zero-order valence-electron chi connectivity index (χ0n) is 14.8. The van der Waals surface area contributed by atoms with E-state index in [2.05, 4.69) is 26.6 Å². The lowest BCUT2D eigenvalue weighted by molar-refractivity contribution is -0.117. The van der Waals surface area contributed by atoms with Crippen molar-refractivity contribution in [2.24, 2.45) is 5.73 Å². The monoisotopic (exact) mass is 471 g/mol. The van der Waals surface area contributed by atoms with Gasteiger partial charge in [-0.05, 0) is 17.9 Å². The maximum atomic E-state index is 12.2. The molecule has 0 saturated heterocycles. The molecule has 3 aromatic heterocycles. The molecule has 3 aromatic rings. The van der Waals surface area contributed by atoms with E-state index >= 15 is 0 Å². The van der Waals surface area contributed by atoms with Gasteiger partial charge >= 0.3 is 0 Å². The van der Waals surface area contributed by atoms with Crippen LogP contribution in [0, 0.1) is 0 Å². The number of thiophene rings is 1. The molecule has 3 heterocycles. The van der Waals surface area contributed by atoms with Crippen LogP contribution in [0.3, 0.4) is 0 Å². The molecular weight excluding hydrogens is 455 g/mol. The van der Waals surface area contributed by atoms with E-state index in [9.17, 15) is 9.59 Å². The van der Waals surface area contributed by atoms with E-state index in [4.69, 9.17) is 5.73 Å². The summed E-state index contributed by atoms with van der Waals surface area (Å²) in [6, 6.07) is 4.10. The summed E-state index contributed by atoms with van der Waals surface area (Å²) in [4.78, 5) is 29.2. The van der Waals surface area contributed by atoms with Crippen molar-refractivity contribution in [1.82, 2.24) is 15.2 Å². The van der Waals surface area contributed by atoms with Gasteiger partial charge in [-0.1, -0.05) is 47.9 Å². The highest BCUT2D eigenvalue weighted by Crippen LogP contribution is 2.30. The topological polar surface area (TPSA) is 111 Å². The van der Waals surface area contributed by atoms with Crippen LogP contribution in [0.1, 0.15) is 23.9 Å². The van der Waals surface area contributed by atoms with E-state index < -0.39 is 0 Å². The van der Waals surface area contributed by atoms with Gasteiger partial charge in [-0.2, -0.15) is 0 Å². The number of thioether (sulfide) groups is 2. The number of carbonyl (C=O) groups is 2. The summed E-state index contributed by atoms with van der Waals surface area (Å²) in [7, 11) is 0. The molecule has 12 heteroatoms. The summed E-state index contributed by atoms with van der Waals surface area (Å²) in [5.74, 6) is 0.282. The lowest BCUT2D eigenvalue weighted by Crippen LogP contribution is -2.24. The average Bonchev–Trinajstić information content (AvgIpc) is 3.40. The highest BCUT2D eigenvalue weighted by atomic mass is 32.2. The summed E-state index contributed by atoms with van der Waals surface area (Å²) in [5, 5.41) is 14.9. The highest BCUT2D eigenvalue weighted by Gasteiger charge is 2.17. The normalized spacial score (nSPS) is 12.0. The second-order valence-electron chi connectivity index (χ2n) is 5.49. The Kier molecular flexibility index (Phi) is 7.85. The largest absolute Gasteiger partial charge is 0.369 e. The Morgan fingerprint density at radius 2 is 2.14 bits per heavy atom. The van der Waals surface area contributed by atoms with Crippen molar-refractivity contribution in [2.45, 2.75) is 39.4 Å². The standard InChI is InChI=1S/C16H17N5O2S5/c1-2-11(13(17)23)27-15-18-9(7-25-15)6-12(22)19-14-20-21-16(28-14)26-8-10-4-3-5-24-10/h3-5,7,11H,2,6,8H2,1H3,(H2,17,23)(H,19,20,22). The number of rotatable bonds is 10. The van der Waals surface area contributed by atoms with Gasteiger partial charge in [0, 0.05) is 16.0 Å². The SMILES string of the molecule is CCC(Sc1nc(CC(=O)Nc2nnc(SCc3cccs3)s2)cs1)C(N)=O. The molecule has 0 aromatic carbocycles. The lowest BCUT2D eigenvalue weighted by atomic mass is 10.3. The van der Waals surface area contributed by atoms with Gasteiger partial charge in [0.15, 0.2) is 8.68 Å². The van der Waals surface area contributed by atoms with Gasteiger partial charge in [0.1, 0.15) is 0 Å². The molecule has 148 valence electrons. The minimum Gasteiger partial charge on any atom is -0.369 e. The van der Waals surface area contributed by atoms with Crippen LogP contribution in [0.2, 0.25) is 0 Å². The van der Waals surface area contributed by atoms with Gasteiger partial charge in [-0.25, -0.2) is 4.98 Å². The number of carbonyl (C=O) groups excluding carboxylic acids is 2. The van der Waals surface area contributed by atoms with E-state index in [1.54, 1.807) is 23.1 Å². The van der Waals surface area contributed by atoms with Gasteiger partial charge in [-0.15, -0.1) is 32.9 Å². The predicted molar refractivity (Wildman–Crippen MR) is 117 cm³/mol. The average molecular weight is 472 g/mol. The van der Waals surface area contributed by atoms with Crippen molar-refractivity contribution in [3.63, 3.8) is 0 Å². The number of nitrogens with one attached hydrogen (secondary N) is 1. The Bertz CT molecular complexity index is 924. The quantitative estimate of drug-likeness (QED) is 0.341. The molecule has 28 heavy (non-hydrogen) atoms. The van der Waals surface area contributed by atoms with Gasteiger partial charge < -0.3 is 11.1 Å². The summed E-state index contributed by atoms with van der Waals surface area (Å²) < 4.78 is 1.55. The summed E-state index contributed by atoms with van der Waals surface area (Å²) >= 11 is 7.39. The molecule has 0 fully saturated rings. The predicted octanol–water partition coefficient (Wildman–Crippen LogP) is 3.89. The Morgan fingerprint density at radius 3 is 2.86 bits per heavy atom. The molecule has 3 N–H and O–H groups in total. The van der Waals surface area contributed by atoms with Crippen LogP contribution in [-0.2, 0) is 21.8 Å². The number of hydrogen-bond acceptors (Lipinski definition) is 10. The number of primary amides is 1. The molecule has 1 unspecified atom stereocenters. The van der Waals surface area contributed by atoms with Crippen LogP contribution >= 0.6 is 57.5 Å². The van der Waals surface area contributed by atoms with E-state index in [-0.39, 0.29) is 23.5 Å². The zero-order chi connectivity index (χ0) is 19.9. The number of hydrogen-bond donors (Lipinski definition) is 2. The zero-order valence-corrected chi connectivity index (χ0v) is 18.9. The molecule has 1 atom stereocenters. The Hall–Kier alpha value is -1.47. The second-order valence-corrected chi connectivity index (χ2v) is 11.0. The minimum atomic E-state index is -0.356. The van der Waals surface area contributed by atoms with Crippen LogP contribution in [0.4, 0.5) is 5.13 Å². The molecule has 0 aliphatic rings. The molecule has 0 bridgehead atoms. The molecule has 7 nitrogen and oxygen atoms in total. The smallest absolute Gasteiger partial charge is 0.232 e. The first-order valence-electron chi connectivity index (χ1n) is 8.22. The third-order valence-corrected chi connectivity index (χ3v) is 8.86. The van der Waals surface area contributed by atoms with Gasteiger partial charge in [0.25, 0.3) is 0 Å². The number of thiazole rings is 1. The Labute approximate surface area is 182 Å². The van der Waals surface area contributed by atoms with Crippen LogP contribution in [0.25, 0.3) is 0 Å². The maximum Gasteiger partial charge on any atom is 0.232 e. The van der Waals surface area contributed by atoms with E-state index in [1.165, 1.54) is 39.3 Å². The first kappa shape index (κ1) is 21.2. The van der Waals surface area contributed by atoms with E-state index in [1.807, 2.05) is 23.8 Å². The number of aromatic nitrogens is 3. The van der Waals surface area contributed by atoms with Gasteiger partial charge in [-0.3, -0.25) is 9.59 Å². The molecular formula is C16H17N5O2S5. The lowest BCUT2D eigenvalue weighted by Gasteiger charge is -2.06. The maximum absolute atomic E-state index is 12.2. The van der Waals surface area contributed by atoms with Crippen molar-refractivity contribution in [1.29, 1.82) is 0 Å². The van der Waals surface area contributed by atoms with Crippen LogP contribution in [0.15, 0.2) is 31.6 Å². The summed E-state index contributed by atoms with van der Waals surface area (Å²) in [6.45, 7) is 1.90. The summed E-state index contributed by atoms with van der Waals surface area (Å²) in [5.41, 5.74) is 6.01. The van der Waals surface area contributed by atoms with E-state index in [0.29, 0.717) is 17.2 Å². The van der Waals surface area contributed by atoms with Crippen molar-refractivity contribution in [3.8, 4) is 0 Å². The molecule has 2 amide bonds. The van der Waals surface area contributed by atoms with Crippen LogP contribution in [-0.4, -0.2) is 32.2 Å². The fraction of sp³-hybridized carbons (Fsp3) is 0.312. The molecule has 0 radical (unpaired) electrons. The number of nitrogens with zero attached hydrogens (tertiary/aromatic N) is 3. The first-order chi connectivity index (χ1) is 13.5. The van der Waals surface area contributed by atoms with Crippen LogP contribution in [0.5, 0.6) is 0 Å². The fourth-order valence-corrected chi connectivity index (χ4v) is 6.56. The Morgan fingerprint density at radius 1 is 1.29 bits per heavy atom. The van der Waals surface area contributed by atoms with Crippen LogP contribution < -0.4 is 11.1 Å². The third-order valence-electron chi connectivity index (χ3n) is 3.37. The second kappa shape index (κ2) is 10.3. The first-order valence-corrected chi connectivity index (χ1v) is 12.7. The third kappa shape index (κ3) is 6.27. The fourth-order valence-electron chi connectivity index (χ4n) is 2.06. The molecule has 0 saturated carbocycles. The molecule has 0 spiro atoms. The van der Waals surface area contributed by atoms with Crippen molar-refractivity contribution >= 4 is 74.5 Å². The number of nitrogens with two attached hydrogens (primary N) is 1. The van der Waals surface area contributed by atoms with Gasteiger partial charge in [0.2, 0.25) is 16.9 Å². The summed E-state index contributed by atoms with van der Waals surface area (Å²) in [6.07, 6.45) is 0.779. The van der Waals surface area contributed by atoms with Crippen molar-refractivity contribution < 1.29 is 9.59 Å². The molecule has 0 aliphatic heterocycles. The molecule has 3 rings (SSSR count). The number of amides is 2. The van der Waals surface area contributed by atoms with Gasteiger partial charge in [0.05, 0.1) is 17.4 Å². The minimum absolute atomic E-state index is 0.141. The highest BCUT2D eigenvalue weighted by molar-refractivity contribution is 8.02. The molecule has 0 aliphatic carbocycles. The number of anilines is 1. The van der Waals surface area contributed by atoms with Crippen molar-refractivity contribution in [3.05, 3.63) is 33.5 Å².